The van der Waals surface area contributed by atoms with Crippen LogP contribution in [0, 0.1) is 22.7 Å². The van der Waals surface area contributed by atoms with E-state index in [0.717, 1.165) is 44.7 Å². The first-order valence-electron chi connectivity index (χ1n) is 11.1. The molecule has 0 aromatic heterocycles. The Morgan fingerprint density at radius 1 is 1.19 bits per heavy atom. The molecule has 3 nitrogen and oxygen atoms in total. The zero-order valence-corrected chi connectivity index (χ0v) is 16.9. The summed E-state index contributed by atoms with van der Waals surface area (Å²) in [6.07, 6.45) is 8.18. The maximum Gasteiger partial charge on any atom is 0.227 e. The molecule has 0 radical (unpaired) electrons. The lowest BCUT2D eigenvalue weighted by atomic mass is 9.63. The van der Waals surface area contributed by atoms with E-state index >= 15 is 0 Å². The van der Waals surface area contributed by atoms with Crippen LogP contribution in [0.2, 0.25) is 0 Å². The minimum atomic E-state index is -0.134. The van der Waals surface area contributed by atoms with E-state index in [0.29, 0.717) is 17.9 Å². The number of amides is 1. The molecule has 4 saturated carbocycles. The van der Waals surface area contributed by atoms with Gasteiger partial charge in [-0.05, 0) is 86.3 Å². The van der Waals surface area contributed by atoms with Gasteiger partial charge >= 0.3 is 0 Å². The van der Waals surface area contributed by atoms with Gasteiger partial charge in [-0.3, -0.25) is 4.79 Å². The molecule has 27 heavy (non-hydrogen) atoms. The van der Waals surface area contributed by atoms with Crippen molar-refractivity contribution in [3.8, 4) is 0 Å². The second-order valence-electron chi connectivity index (χ2n) is 10.2. The van der Waals surface area contributed by atoms with Crippen LogP contribution in [0.25, 0.3) is 0 Å². The summed E-state index contributed by atoms with van der Waals surface area (Å²) >= 11 is 0. The maximum absolute atomic E-state index is 13.8. The van der Waals surface area contributed by atoms with Crippen molar-refractivity contribution < 1.29 is 4.79 Å². The molecule has 5 aliphatic rings. The molecule has 6 rings (SSSR count). The van der Waals surface area contributed by atoms with Gasteiger partial charge in [0, 0.05) is 6.04 Å². The molecular formula is C24H34N2O. The third kappa shape index (κ3) is 2.40. The van der Waals surface area contributed by atoms with E-state index in [-0.39, 0.29) is 16.2 Å². The quantitative estimate of drug-likeness (QED) is 0.845. The summed E-state index contributed by atoms with van der Waals surface area (Å²) < 4.78 is 0. The van der Waals surface area contributed by atoms with Gasteiger partial charge < -0.3 is 10.6 Å². The number of hydrogen-bond donors (Lipinski definition) is 2. The van der Waals surface area contributed by atoms with Crippen molar-refractivity contribution in [3.05, 3.63) is 35.9 Å². The van der Waals surface area contributed by atoms with Crippen LogP contribution in [0.3, 0.4) is 0 Å². The van der Waals surface area contributed by atoms with E-state index in [4.69, 9.17) is 0 Å². The Morgan fingerprint density at radius 2 is 2.00 bits per heavy atom. The van der Waals surface area contributed by atoms with E-state index in [1.165, 1.54) is 24.8 Å². The van der Waals surface area contributed by atoms with E-state index in [9.17, 15) is 4.79 Å². The lowest BCUT2D eigenvalue weighted by Crippen LogP contribution is -2.54. The highest BCUT2D eigenvalue weighted by Gasteiger charge is 2.73. The molecule has 6 atom stereocenters. The molecule has 146 valence electrons. The van der Waals surface area contributed by atoms with Gasteiger partial charge in [0.05, 0.1) is 5.41 Å². The second-order valence-corrected chi connectivity index (χ2v) is 10.2. The number of hydrogen-bond acceptors (Lipinski definition) is 2. The number of piperidine rings is 1. The Labute approximate surface area is 163 Å². The predicted octanol–water partition coefficient (Wildman–Crippen LogP) is 4.03. The Morgan fingerprint density at radius 3 is 2.74 bits per heavy atom. The molecule has 1 aromatic carbocycles. The largest absolute Gasteiger partial charge is 0.353 e. The normalized spacial score (nSPS) is 45.2. The molecule has 1 heterocycles. The van der Waals surface area contributed by atoms with E-state index in [1.807, 2.05) is 0 Å². The molecule has 1 aromatic rings. The molecule has 4 aliphatic carbocycles. The first-order valence-corrected chi connectivity index (χ1v) is 11.1. The third-order valence-electron chi connectivity index (χ3n) is 8.93. The van der Waals surface area contributed by atoms with Crippen LogP contribution in [0.5, 0.6) is 0 Å². The fourth-order valence-corrected chi connectivity index (χ4v) is 7.83. The fraction of sp³-hybridized carbons (Fsp3) is 0.708. The van der Waals surface area contributed by atoms with Gasteiger partial charge in [-0.25, -0.2) is 0 Å². The van der Waals surface area contributed by atoms with Gasteiger partial charge in [-0.15, -0.1) is 0 Å². The van der Waals surface area contributed by atoms with Gasteiger partial charge in [0.1, 0.15) is 0 Å². The molecule has 2 N–H and O–H groups in total. The molecule has 5 fully saturated rings. The van der Waals surface area contributed by atoms with Crippen molar-refractivity contribution in [1.82, 2.24) is 10.6 Å². The first kappa shape index (κ1) is 17.7. The third-order valence-corrected chi connectivity index (χ3v) is 8.93. The van der Waals surface area contributed by atoms with Gasteiger partial charge in [-0.2, -0.15) is 0 Å². The highest BCUT2D eigenvalue weighted by Crippen LogP contribution is 2.77. The van der Waals surface area contributed by atoms with Crippen molar-refractivity contribution in [3.63, 3.8) is 0 Å². The zero-order valence-electron chi connectivity index (χ0n) is 16.9. The average Bonchev–Trinajstić information content (AvgIpc) is 3.04. The average molecular weight is 367 g/mol. The van der Waals surface area contributed by atoms with Crippen LogP contribution in [-0.4, -0.2) is 25.0 Å². The smallest absolute Gasteiger partial charge is 0.227 e. The van der Waals surface area contributed by atoms with Gasteiger partial charge in [-0.1, -0.05) is 44.2 Å². The molecule has 1 amide bonds. The van der Waals surface area contributed by atoms with Crippen LogP contribution >= 0.6 is 0 Å². The molecule has 4 bridgehead atoms. The van der Waals surface area contributed by atoms with Crippen LogP contribution in [0.4, 0.5) is 0 Å². The van der Waals surface area contributed by atoms with Crippen LogP contribution in [0.15, 0.2) is 30.3 Å². The SMILES string of the molecule is CC[C@]12CC3CC1(C(=O)NC1CCNCC1C)C[C@@](c1ccccc1)(C3)C2. The molecule has 3 heteroatoms. The van der Waals surface area contributed by atoms with Crippen molar-refractivity contribution in [2.45, 2.75) is 70.3 Å². The number of carbonyl (C=O) groups excluding carboxylic acids is 1. The van der Waals surface area contributed by atoms with Gasteiger partial charge in [0.2, 0.25) is 5.91 Å². The maximum atomic E-state index is 13.8. The van der Waals surface area contributed by atoms with E-state index < -0.39 is 0 Å². The lowest BCUT2D eigenvalue weighted by molar-refractivity contribution is -0.137. The van der Waals surface area contributed by atoms with Crippen molar-refractivity contribution in [1.29, 1.82) is 0 Å². The highest BCUT2D eigenvalue weighted by molar-refractivity contribution is 5.86. The second kappa shape index (κ2) is 6.07. The number of nitrogens with one attached hydrogen (secondary N) is 2. The minimum Gasteiger partial charge on any atom is -0.353 e. The van der Waals surface area contributed by atoms with Crippen molar-refractivity contribution in [2.24, 2.45) is 22.7 Å². The summed E-state index contributed by atoms with van der Waals surface area (Å²) in [5.74, 6) is 1.64. The summed E-state index contributed by atoms with van der Waals surface area (Å²) in [7, 11) is 0. The van der Waals surface area contributed by atoms with E-state index in [2.05, 4.69) is 54.8 Å². The fourth-order valence-electron chi connectivity index (χ4n) is 7.83. The topological polar surface area (TPSA) is 41.1 Å². The summed E-state index contributed by atoms with van der Waals surface area (Å²) in [4.78, 5) is 13.8. The van der Waals surface area contributed by atoms with Crippen LogP contribution in [0.1, 0.15) is 64.4 Å². The summed E-state index contributed by atoms with van der Waals surface area (Å²) in [6.45, 7) is 6.66. The summed E-state index contributed by atoms with van der Waals surface area (Å²) in [6, 6.07) is 11.5. The standard InChI is InChI=1S/C24H34N2O/c1-3-23-12-18-11-22(15-23,19-7-5-4-6-8-19)16-24(23,13-18)21(27)26-20-9-10-25-14-17(20)2/h4-8,17-18,20,25H,3,9-16H2,1-2H3,(H,26,27)/t17?,18?,20?,22-,23-,24?/m1/s1. The summed E-state index contributed by atoms with van der Waals surface area (Å²) in [5.41, 5.74) is 1.80. The predicted molar refractivity (Wildman–Crippen MR) is 108 cm³/mol. The number of benzene rings is 1. The number of carbonyl (C=O) groups is 1. The Kier molecular flexibility index (Phi) is 3.99. The van der Waals surface area contributed by atoms with Crippen molar-refractivity contribution in [2.75, 3.05) is 13.1 Å². The minimum absolute atomic E-state index is 0.134. The van der Waals surface area contributed by atoms with Crippen LogP contribution < -0.4 is 10.6 Å². The van der Waals surface area contributed by atoms with E-state index in [1.54, 1.807) is 0 Å². The summed E-state index contributed by atoms with van der Waals surface area (Å²) in [5, 5.41) is 7.02. The van der Waals surface area contributed by atoms with Crippen molar-refractivity contribution >= 4 is 5.91 Å². The monoisotopic (exact) mass is 366 g/mol. The molecule has 1 saturated heterocycles. The molecule has 1 aliphatic heterocycles. The Bertz CT molecular complexity index is 733. The van der Waals surface area contributed by atoms with Gasteiger partial charge in [0.25, 0.3) is 0 Å². The zero-order chi connectivity index (χ0) is 18.7. The Balaban J connectivity index is 1.49. The van der Waals surface area contributed by atoms with Gasteiger partial charge in [0.15, 0.2) is 0 Å². The van der Waals surface area contributed by atoms with Crippen LogP contribution in [-0.2, 0) is 10.2 Å². The number of rotatable bonds is 4. The molecule has 4 unspecified atom stereocenters. The first-order chi connectivity index (χ1) is 13.0. The highest BCUT2D eigenvalue weighted by atomic mass is 16.2. The Hall–Kier alpha value is -1.35. The lowest BCUT2D eigenvalue weighted by Gasteiger charge is -2.41. The molecular weight excluding hydrogens is 332 g/mol. The molecule has 0 spiro atoms.